The number of halogens is 1. The van der Waals surface area contributed by atoms with Gasteiger partial charge < -0.3 is 4.74 Å². The van der Waals surface area contributed by atoms with Crippen LogP contribution in [0.3, 0.4) is 0 Å². The van der Waals surface area contributed by atoms with E-state index in [1.807, 2.05) is 48.5 Å². The van der Waals surface area contributed by atoms with Crippen molar-refractivity contribution in [3.63, 3.8) is 0 Å². The van der Waals surface area contributed by atoms with Gasteiger partial charge in [-0.2, -0.15) is 0 Å². The highest BCUT2D eigenvalue weighted by Crippen LogP contribution is 2.26. The summed E-state index contributed by atoms with van der Waals surface area (Å²) in [6.07, 6.45) is 1.52. The van der Waals surface area contributed by atoms with Gasteiger partial charge in [-0.1, -0.05) is 18.2 Å². The second-order valence-corrected chi connectivity index (χ2v) is 5.00. The Labute approximate surface area is 118 Å². The molecule has 0 aliphatic rings. The van der Waals surface area contributed by atoms with E-state index in [1.54, 1.807) is 0 Å². The van der Waals surface area contributed by atoms with Crippen LogP contribution in [0.15, 0.2) is 54.9 Å². The molecule has 0 bridgehead atoms. The minimum absolute atomic E-state index is 0.586. The summed E-state index contributed by atoms with van der Waals surface area (Å²) in [6, 6.07) is 15.7. The number of aromatic nitrogens is 2. The maximum absolute atomic E-state index is 5.82. The van der Waals surface area contributed by atoms with Gasteiger partial charge in [0, 0.05) is 3.57 Å². The Morgan fingerprint density at radius 1 is 0.944 bits per heavy atom. The summed E-state index contributed by atoms with van der Waals surface area (Å²) < 4.78 is 6.94. The van der Waals surface area contributed by atoms with Crippen LogP contribution >= 0.6 is 22.6 Å². The molecule has 0 aliphatic heterocycles. The van der Waals surface area contributed by atoms with Gasteiger partial charge in [-0.25, -0.2) is 9.97 Å². The molecule has 1 aromatic heterocycles. The highest BCUT2D eigenvalue weighted by molar-refractivity contribution is 14.1. The molecule has 0 unspecified atom stereocenters. The Hall–Kier alpha value is -1.69. The molecule has 1 heterocycles. The van der Waals surface area contributed by atoms with Crippen molar-refractivity contribution < 1.29 is 4.74 Å². The predicted octanol–water partition coefficient (Wildman–Crippen LogP) is 4.03. The first-order valence-electron chi connectivity index (χ1n) is 5.46. The van der Waals surface area contributed by atoms with Crippen LogP contribution in [-0.4, -0.2) is 9.97 Å². The SMILES string of the molecule is Ic1cccc(Oc2ncnc3ccccc23)c1. The molecule has 0 saturated heterocycles. The first kappa shape index (κ1) is 11.4. The largest absolute Gasteiger partial charge is 0.438 e. The smallest absolute Gasteiger partial charge is 0.230 e. The third kappa shape index (κ3) is 2.28. The molecule has 88 valence electrons. The number of hydrogen-bond donors (Lipinski definition) is 0. The van der Waals surface area contributed by atoms with Crippen LogP contribution in [0, 0.1) is 3.57 Å². The number of rotatable bonds is 2. The molecule has 0 aliphatic carbocycles. The molecule has 0 fully saturated rings. The number of para-hydroxylation sites is 1. The van der Waals surface area contributed by atoms with Gasteiger partial charge in [0.2, 0.25) is 5.88 Å². The Kier molecular flexibility index (Phi) is 3.10. The van der Waals surface area contributed by atoms with Crippen molar-refractivity contribution in [3.05, 3.63) is 58.4 Å². The molecule has 0 radical (unpaired) electrons. The average molecular weight is 348 g/mol. The third-order valence-electron chi connectivity index (χ3n) is 2.52. The molecule has 18 heavy (non-hydrogen) atoms. The number of ether oxygens (including phenoxy) is 1. The van der Waals surface area contributed by atoms with Gasteiger partial charge in [0.1, 0.15) is 12.1 Å². The van der Waals surface area contributed by atoms with Gasteiger partial charge in [0.15, 0.2) is 0 Å². The van der Waals surface area contributed by atoms with E-state index in [9.17, 15) is 0 Å². The van der Waals surface area contributed by atoms with Crippen molar-refractivity contribution in [3.8, 4) is 11.6 Å². The molecule has 3 rings (SSSR count). The van der Waals surface area contributed by atoms with Gasteiger partial charge in [-0.05, 0) is 52.9 Å². The molecule has 4 heteroatoms. The Morgan fingerprint density at radius 2 is 1.83 bits per heavy atom. The normalized spacial score (nSPS) is 10.5. The molecular weight excluding hydrogens is 339 g/mol. The lowest BCUT2D eigenvalue weighted by Gasteiger charge is -2.07. The second-order valence-electron chi connectivity index (χ2n) is 3.76. The molecule has 0 spiro atoms. The van der Waals surface area contributed by atoms with Crippen molar-refractivity contribution in [2.45, 2.75) is 0 Å². The van der Waals surface area contributed by atoms with Crippen molar-refractivity contribution in [2.24, 2.45) is 0 Å². The predicted molar refractivity (Wildman–Crippen MR) is 78.8 cm³/mol. The molecule has 3 nitrogen and oxygen atoms in total. The summed E-state index contributed by atoms with van der Waals surface area (Å²) in [6.45, 7) is 0. The summed E-state index contributed by atoms with van der Waals surface area (Å²) in [5.41, 5.74) is 0.883. The van der Waals surface area contributed by atoms with E-state index in [0.717, 1.165) is 20.2 Å². The summed E-state index contributed by atoms with van der Waals surface area (Å²) in [5, 5.41) is 0.916. The summed E-state index contributed by atoms with van der Waals surface area (Å²) >= 11 is 2.25. The van der Waals surface area contributed by atoms with E-state index in [2.05, 4.69) is 32.6 Å². The summed E-state index contributed by atoms with van der Waals surface area (Å²) in [7, 11) is 0. The van der Waals surface area contributed by atoms with Gasteiger partial charge in [-0.15, -0.1) is 0 Å². The lowest BCUT2D eigenvalue weighted by molar-refractivity contribution is 0.468. The van der Waals surface area contributed by atoms with E-state index in [-0.39, 0.29) is 0 Å². The highest BCUT2D eigenvalue weighted by atomic mass is 127. The molecule has 0 N–H and O–H groups in total. The van der Waals surface area contributed by atoms with Crippen molar-refractivity contribution in [2.75, 3.05) is 0 Å². The standard InChI is InChI=1S/C14H9IN2O/c15-10-4-3-5-11(8-10)18-14-12-6-1-2-7-13(12)16-9-17-14/h1-9H. The Balaban J connectivity index is 2.05. The molecule has 3 aromatic rings. The van der Waals surface area contributed by atoms with Gasteiger partial charge in [0.05, 0.1) is 10.9 Å². The fraction of sp³-hybridized carbons (Fsp3) is 0. The highest BCUT2D eigenvalue weighted by Gasteiger charge is 2.05. The first-order chi connectivity index (χ1) is 8.83. The minimum atomic E-state index is 0.586. The van der Waals surface area contributed by atoms with Gasteiger partial charge >= 0.3 is 0 Å². The zero-order valence-electron chi connectivity index (χ0n) is 9.38. The van der Waals surface area contributed by atoms with Crippen molar-refractivity contribution in [1.29, 1.82) is 0 Å². The first-order valence-corrected chi connectivity index (χ1v) is 6.54. The van der Waals surface area contributed by atoms with Crippen LogP contribution in [0.25, 0.3) is 10.9 Å². The number of fused-ring (bicyclic) bond motifs is 1. The zero-order valence-corrected chi connectivity index (χ0v) is 11.5. The number of hydrogen-bond acceptors (Lipinski definition) is 3. The monoisotopic (exact) mass is 348 g/mol. The molecule has 0 atom stereocenters. The maximum atomic E-state index is 5.82. The maximum Gasteiger partial charge on any atom is 0.230 e. The van der Waals surface area contributed by atoms with Crippen LogP contribution in [0.1, 0.15) is 0 Å². The quantitative estimate of drug-likeness (QED) is 0.656. The fourth-order valence-electron chi connectivity index (χ4n) is 1.70. The summed E-state index contributed by atoms with van der Waals surface area (Å²) in [4.78, 5) is 8.40. The molecule has 2 aromatic carbocycles. The number of nitrogens with zero attached hydrogens (tertiary/aromatic N) is 2. The van der Waals surface area contributed by atoms with Crippen LogP contribution in [0.4, 0.5) is 0 Å². The minimum Gasteiger partial charge on any atom is -0.438 e. The van der Waals surface area contributed by atoms with E-state index in [1.165, 1.54) is 6.33 Å². The van der Waals surface area contributed by atoms with Crippen LogP contribution < -0.4 is 4.74 Å². The van der Waals surface area contributed by atoms with E-state index < -0.39 is 0 Å². The molecular formula is C14H9IN2O. The van der Waals surface area contributed by atoms with Crippen molar-refractivity contribution >= 4 is 33.5 Å². The molecule has 0 saturated carbocycles. The number of benzene rings is 2. The summed E-state index contributed by atoms with van der Waals surface area (Å²) in [5.74, 6) is 1.37. The lowest BCUT2D eigenvalue weighted by atomic mass is 10.2. The van der Waals surface area contributed by atoms with Crippen LogP contribution in [-0.2, 0) is 0 Å². The van der Waals surface area contributed by atoms with Gasteiger partial charge in [0.25, 0.3) is 0 Å². The Morgan fingerprint density at radius 3 is 2.72 bits per heavy atom. The van der Waals surface area contributed by atoms with Crippen LogP contribution in [0.5, 0.6) is 11.6 Å². The Bertz CT molecular complexity index is 695. The van der Waals surface area contributed by atoms with Gasteiger partial charge in [-0.3, -0.25) is 0 Å². The zero-order chi connectivity index (χ0) is 12.4. The van der Waals surface area contributed by atoms with Crippen LogP contribution in [0.2, 0.25) is 0 Å². The lowest BCUT2D eigenvalue weighted by Crippen LogP contribution is -1.91. The average Bonchev–Trinajstić information content (AvgIpc) is 2.39. The van der Waals surface area contributed by atoms with Crippen molar-refractivity contribution in [1.82, 2.24) is 9.97 Å². The topological polar surface area (TPSA) is 35.0 Å². The van der Waals surface area contributed by atoms with E-state index >= 15 is 0 Å². The van der Waals surface area contributed by atoms with E-state index in [4.69, 9.17) is 4.74 Å². The second kappa shape index (κ2) is 4.89. The van der Waals surface area contributed by atoms with E-state index in [0.29, 0.717) is 5.88 Å². The fourth-order valence-corrected chi connectivity index (χ4v) is 2.22. The third-order valence-corrected chi connectivity index (χ3v) is 3.19. The molecule has 0 amide bonds.